The number of carbonyl (C=O) groups excluding carboxylic acids is 1. The van der Waals surface area contributed by atoms with Crippen molar-refractivity contribution in [3.8, 4) is 11.3 Å². The maximum Gasteiger partial charge on any atom is 0.287 e. The van der Waals surface area contributed by atoms with E-state index in [1.807, 2.05) is 29.0 Å². The highest BCUT2D eigenvalue weighted by atomic mass is 32.2. The summed E-state index contributed by atoms with van der Waals surface area (Å²) in [6.45, 7) is 2.17. The number of aliphatic hydroxyl groups is 1. The van der Waals surface area contributed by atoms with Gasteiger partial charge in [0.15, 0.2) is 5.82 Å². The molecule has 3 aromatic rings. The Hall–Kier alpha value is -3.93. The van der Waals surface area contributed by atoms with Gasteiger partial charge in [-0.2, -0.15) is 10.2 Å². The highest BCUT2D eigenvalue weighted by molar-refractivity contribution is 8.07. The van der Waals surface area contributed by atoms with Crippen LogP contribution in [0.5, 0.6) is 0 Å². The van der Waals surface area contributed by atoms with E-state index in [9.17, 15) is 14.7 Å². The van der Waals surface area contributed by atoms with Crippen molar-refractivity contribution in [2.24, 2.45) is 5.92 Å². The molecule has 10 nitrogen and oxygen atoms in total. The van der Waals surface area contributed by atoms with Crippen molar-refractivity contribution in [1.29, 1.82) is 0 Å². The summed E-state index contributed by atoms with van der Waals surface area (Å²) in [4.78, 5) is 29.7. The molecular formula is C27H27N7O3S. The van der Waals surface area contributed by atoms with Crippen molar-refractivity contribution < 1.29 is 9.90 Å². The molecule has 0 bridgehead atoms. The van der Waals surface area contributed by atoms with Gasteiger partial charge in [-0.05, 0) is 30.5 Å². The van der Waals surface area contributed by atoms with Crippen molar-refractivity contribution in [3.63, 3.8) is 0 Å². The number of benzene rings is 1. The second-order valence-corrected chi connectivity index (χ2v) is 10.6. The van der Waals surface area contributed by atoms with Gasteiger partial charge in [0.25, 0.3) is 11.5 Å². The largest absolute Gasteiger partial charge is 0.392 e. The Balaban J connectivity index is 1.26. The molecule has 0 saturated heterocycles. The molecule has 2 aliphatic heterocycles. The van der Waals surface area contributed by atoms with Gasteiger partial charge in [0.05, 0.1) is 29.4 Å². The minimum Gasteiger partial charge on any atom is -0.392 e. The second-order valence-electron chi connectivity index (χ2n) is 9.52. The van der Waals surface area contributed by atoms with Crippen LogP contribution in [0.1, 0.15) is 17.7 Å². The Morgan fingerprint density at radius 2 is 2.16 bits per heavy atom. The van der Waals surface area contributed by atoms with Crippen LogP contribution in [-0.4, -0.2) is 49.5 Å². The van der Waals surface area contributed by atoms with Gasteiger partial charge in [-0.25, -0.2) is 5.10 Å². The van der Waals surface area contributed by atoms with Crippen molar-refractivity contribution in [2.45, 2.75) is 26.1 Å². The molecule has 38 heavy (non-hydrogen) atoms. The zero-order chi connectivity index (χ0) is 26.2. The van der Waals surface area contributed by atoms with Crippen LogP contribution in [0.4, 0.5) is 17.2 Å². The van der Waals surface area contributed by atoms with Crippen molar-refractivity contribution in [2.75, 3.05) is 24.2 Å². The molecule has 4 N–H and O–H groups in total. The number of allylic oxidation sites excluding steroid dienone is 5. The maximum absolute atomic E-state index is 13.1. The standard InChI is InChI=1S/C27H27N7O3S/c1-33-9-10-34-17(14-33)12-25(32-34)28-22-13-21(30-31-26(22)36)18-6-4-7-20(19(18)15-35)29-27(37)24-11-16-5-2-3-8-23(16)38-24/h2-4,6-8,11-13,16,35H,5,9-10,14-15H2,1H3,(H,29,37)(H,31,36)(H,28,30,32). The van der Waals surface area contributed by atoms with E-state index in [-0.39, 0.29) is 29.7 Å². The molecule has 0 radical (unpaired) electrons. The van der Waals surface area contributed by atoms with Gasteiger partial charge >= 0.3 is 0 Å². The van der Waals surface area contributed by atoms with Crippen molar-refractivity contribution >= 4 is 34.9 Å². The number of thioether (sulfide) groups is 1. The minimum atomic E-state index is -0.387. The zero-order valence-corrected chi connectivity index (χ0v) is 21.6. The van der Waals surface area contributed by atoms with Gasteiger partial charge in [0.2, 0.25) is 0 Å². The summed E-state index contributed by atoms with van der Waals surface area (Å²) in [6, 6.07) is 8.89. The van der Waals surface area contributed by atoms with Crippen LogP contribution in [0.3, 0.4) is 0 Å². The summed E-state index contributed by atoms with van der Waals surface area (Å²) in [5.74, 6) is 0.602. The molecule has 1 aliphatic carbocycles. The smallest absolute Gasteiger partial charge is 0.287 e. The number of nitrogens with one attached hydrogen (secondary N) is 3. The van der Waals surface area contributed by atoms with E-state index in [1.54, 1.807) is 24.3 Å². The van der Waals surface area contributed by atoms with Crippen molar-refractivity contribution in [1.82, 2.24) is 24.9 Å². The Labute approximate surface area is 223 Å². The Bertz CT molecular complexity index is 1570. The number of H-pyrrole nitrogens is 1. The lowest BCUT2D eigenvalue weighted by atomic mass is 10.00. The SMILES string of the molecule is CN1CCn2nc(Nc3cc(-c4cccc(NC(=O)C5=CC6CC=CC=C6S5)c4CO)n[nH]c3=O)cc2C1. The normalized spacial score (nSPS) is 18.4. The van der Waals surface area contributed by atoms with E-state index in [0.717, 1.165) is 36.7 Å². The molecule has 194 valence electrons. The predicted molar refractivity (Wildman–Crippen MR) is 148 cm³/mol. The maximum atomic E-state index is 13.1. The Morgan fingerprint density at radius 1 is 1.26 bits per heavy atom. The first-order valence-corrected chi connectivity index (χ1v) is 13.2. The highest BCUT2D eigenvalue weighted by Crippen LogP contribution is 2.44. The number of hydrogen-bond donors (Lipinski definition) is 4. The summed E-state index contributed by atoms with van der Waals surface area (Å²) in [5.41, 5.74) is 3.02. The summed E-state index contributed by atoms with van der Waals surface area (Å²) in [6.07, 6.45) is 9.03. The predicted octanol–water partition coefficient (Wildman–Crippen LogP) is 3.34. The number of aromatic amines is 1. The summed E-state index contributed by atoms with van der Waals surface area (Å²) in [5, 5.41) is 27.7. The summed E-state index contributed by atoms with van der Waals surface area (Å²) >= 11 is 1.48. The molecular weight excluding hydrogens is 502 g/mol. The number of hydrogen-bond acceptors (Lipinski definition) is 8. The third kappa shape index (κ3) is 4.71. The quantitative estimate of drug-likeness (QED) is 0.383. The molecule has 1 aromatic carbocycles. The van der Waals surface area contributed by atoms with Crippen molar-refractivity contribution in [3.05, 3.63) is 86.1 Å². The summed E-state index contributed by atoms with van der Waals surface area (Å²) < 4.78 is 1.94. The van der Waals surface area contributed by atoms with Gasteiger partial charge in [-0.1, -0.05) is 48.2 Å². The molecule has 1 amide bonds. The molecule has 0 fully saturated rings. The fraction of sp³-hybridized carbons (Fsp3) is 0.259. The third-order valence-electron chi connectivity index (χ3n) is 6.87. The third-order valence-corrected chi connectivity index (χ3v) is 8.09. The number of amides is 1. The Morgan fingerprint density at radius 3 is 3.00 bits per heavy atom. The first kappa shape index (κ1) is 24.4. The molecule has 2 aromatic heterocycles. The van der Waals surface area contributed by atoms with E-state index in [1.165, 1.54) is 11.8 Å². The number of aliphatic hydroxyl groups excluding tert-OH is 1. The van der Waals surface area contributed by atoms with Crippen LogP contribution in [0.25, 0.3) is 11.3 Å². The van der Waals surface area contributed by atoms with Crippen LogP contribution in [-0.2, 0) is 24.5 Å². The zero-order valence-electron chi connectivity index (χ0n) is 20.8. The van der Waals surface area contributed by atoms with E-state index >= 15 is 0 Å². The van der Waals surface area contributed by atoms with Gasteiger partial charge < -0.3 is 15.7 Å². The fourth-order valence-electron chi connectivity index (χ4n) is 4.88. The van der Waals surface area contributed by atoms with E-state index < -0.39 is 0 Å². The lowest BCUT2D eigenvalue weighted by molar-refractivity contribution is -0.112. The van der Waals surface area contributed by atoms with E-state index in [4.69, 9.17) is 0 Å². The average Bonchev–Trinajstić information content (AvgIpc) is 3.53. The summed E-state index contributed by atoms with van der Waals surface area (Å²) in [7, 11) is 2.06. The Kier molecular flexibility index (Phi) is 6.48. The van der Waals surface area contributed by atoms with Gasteiger partial charge in [0, 0.05) is 41.9 Å². The van der Waals surface area contributed by atoms with E-state index in [0.29, 0.717) is 33.2 Å². The molecule has 1 atom stereocenters. The second kappa shape index (κ2) is 10.1. The number of nitrogens with zero attached hydrogens (tertiary/aromatic N) is 4. The van der Waals surface area contributed by atoms with Crippen LogP contribution in [0.15, 0.2) is 69.2 Å². The molecule has 0 spiro atoms. The van der Waals surface area contributed by atoms with E-state index in [2.05, 4.69) is 44.0 Å². The first-order valence-electron chi connectivity index (χ1n) is 12.4. The van der Waals surface area contributed by atoms with Crippen LogP contribution in [0, 0.1) is 5.92 Å². The van der Waals surface area contributed by atoms with Crippen LogP contribution < -0.4 is 16.2 Å². The molecule has 0 saturated carbocycles. The first-order chi connectivity index (χ1) is 18.5. The average molecular weight is 530 g/mol. The van der Waals surface area contributed by atoms with Crippen LogP contribution in [0.2, 0.25) is 0 Å². The number of rotatable bonds is 6. The lowest BCUT2D eigenvalue weighted by Gasteiger charge is -2.22. The highest BCUT2D eigenvalue weighted by Gasteiger charge is 2.27. The lowest BCUT2D eigenvalue weighted by Crippen LogP contribution is -2.30. The number of likely N-dealkylation sites (N-methyl/N-ethyl adjacent to an activating group) is 1. The number of fused-ring (bicyclic) bond motifs is 2. The van der Waals surface area contributed by atoms with Gasteiger partial charge in [-0.15, -0.1) is 0 Å². The van der Waals surface area contributed by atoms with Gasteiger partial charge in [0.1, 0.15) is 5.69 Å². The molecule has 6 rings (SSSR count). The number of aromatic nitrogens is 4. The van der Waals surface area contributed by atoms with Gasteiger partial charge in [-0.3, -0.25) is 19.2 Å². The van der Waals surface area contributed by atoms with Crippen LogP contribution >= 0.6 is 11.8 Å². The molecule has 11 heteroatoms. The molecule has 3 aliphatic rings. The number of carbonyl (C=O) groups is 1. The molecule has 1 unspecified atom stereocenters. The fourth-order valence-corrected chi connectivity index (χ4v) is 5.98. The number of anilines is 3. The topological polar surface area (TPSA) is 128 Å². The minimum absolute atomic E-state index is 0.219. The monoisotopic (exact) mass is 529 g/mol. The molecule has 4 heterocycles.